The molecule has 1 saturated heterocycles. The van der Waals surface area contributed by atoms with E-state index in [1.165, 1.54) is 57.8 Å². The number of likely N-dealkylation sites (tertiary alicyclic amines) is 1. The second-order valence-corrected chi connectivity index (χ2v) is 12.2. The van der Waals surface area contributed by atoms with Crippen molar-refractivity contribution in [3.8, 4) is 0 Å². The highest BCUT2D eigenvalue weighted by Gasteiger charge is 2.39. The summed E-state index contributed by atoms with van der Waals surface area (Å²) < 4.78 is 0. The summed E-state index contributed by atoms with van der Waals surface area (Å²) in [5.74, 6) is 3.55. The van der Waals surface area contributed by atoms with Crippen molar-refractivity contribution in [2.24, 2.45) is 35.0 Å². The van der Waals surface area contributed by atoms with Crippen LogP contribution in [0.25, 0.3) is 0 Å². The van der Waals surface area contributed by atoms with Crippen molar-refractivity contribution in [1.29, 1.82) is 0 Å². The Hall–Kier alpha value is -1.06. The Kier molecular flexibility index (Phi) is 9.09. The number of piperidine rings is 1. The van der Waals surface area contributed by atoms with E-state index >= 15 is 0 Å². The van der Waals surface area contributed by atoms with Gasteiger partial charge in [-0.3, -0.25) is 9.59 Å². The molecule has 4 heteroatoms. The van der Waals surface area contributed by atoms with E-state index in [9.17, 15) is 9.59 Å². The number of hydrogen-bond donors (Lipinski definition) is 0. The maximum atomic E-state index is 12.9. The normalized spacial score (nSPS) is 26.7. The first-order chi connectivity index (χ1) is 15.2. The lowest BCUT2D eigenvalue weighted by Crippen LogP contribution is -2.45. The van der Waals surface area contributed by atoms with Crippen LogP contribution in [0.5, 0.6) is 0 Å². The molecule has 0 aromatic heterocycles. The molecule has 0 radical (unpaired) electrons. The van der Waals surface area contributed by atoms with Crippen molar-refractivity contribution in [1.82, 2.24) is 9.80 Å². The zero-order valence-electron chi connectivity index (χ0n) is 21.7. The second-order valence-electron chi connectivity index (χ2n) is 12.2. The quantitative estimate of drug-likeness (QED) is 0.471. The predicted octanol–water partition coefficient (Wildman–Crippen LogP) is 6.14. The first-order valence-corrected chi connectivity index (χ1v) is 13.7. The van der Waals surface area contributed by atoms with Crippen molar-refractivity contribution < 1.29 is 9.59 Å². The highest BCUT2D eigenvalue weighted by molar-refractivity contribution is 5.78. The molecule has 3 fully saturated rings. The second kappa shape index (κ2) is 11.4. The number of carbonyl (C=O) groups excluding carboxylic acids is 2. The molecule has 0 aromatic carbocycles. The van der Waals surface area contributed by atoms with Gasteiger partial charge in [0, 0.05) is 38.5 Å². The van der Waals surface area contributed by atoms with Crippen molar-refractivity contribution in [2.75, 3.05) is 26.7 Å². The number of rotatable bonds is 7. The summed E-state index contributed by atoms with van der Waals surface area (Å²) >= 11 is 0. The Bertz CT molecular complexity index is 603. The van der Waals surface area contributed by atoms with Crippen LogP contribution >= 0.6 is 0 Å². The molecule has 0 N–H and O–H groups in total. The highest BCUT2D eigenvalue weighted by Crippen LogP contribution is 2.47. The van der Waals surface area contributed by atoms with Gasteiger partial charge in [-0.15, -0.1) is 0 Å². The van der Waals surface area contributed by atoms with Crippen LogP contribution in [0.1, 0.15) is 105 Å². The predicted molar refractivity (Wildman–Crippen MR) is 132 cm³/mol. The first-order valence-electron chi connectivity index (χ1n) is 13.7. The van der Waals surface area contributed by atoms with E-state index in [4.69, 9.17) is 0 Å². The van der Waals surface area contributed by atoms with Gasteiger partial charge in [-0.25, -0.2) is 0 Å². The van der Waals surface area contributed by atoms with Crippen LogP contribution in [0.3, 0.4) is 0 Å². The van der Waals surface area contributed by atoms with Crippen LogP contribution in [-0.2, 0) is 9.59 Å². The van der Waals surface area contributed by atoms with Gasteiger partial charge in [0.1, 0.15) is 0 Å². The van der Waals surface area contributed by atoms with E-state index in [1.807, 2.05) is 25.8 Å². The van der Waals surface area contributed by atoms with Crippen molar-refractivity contribution in [2.45, 2.75) is 105 Å². The molecule has 1 spiro atoms. The zero-order valence-corrected chi connectivity index (χ0v) is 21.7. The van der Waals surface area contributed by atoms with Gasteiger partial charge < -0.3 is 9.80 Å². The highest BCUT2D eigenvalue weighted by atomic mass is 16.2. The van der Waals surface area contributed by atoms with Crippen LogP contribution in [0.15, 0.2) is 0 Å². The fraction of sp³-hybridized carbons (Fsp3) is 0.929. The molecule has 3 aliphatic rings. The smallest absolute Gasteiger partial charge is 0.225 e. The maximum absolute atomic E-state index is 12.9. The molecule has 1 aliphatic heterocycles. The zero-order chi connectivity index (χ0) is 23.3. The minimum Gasteiger partial charge on any atom is -0.346 e. The van der Waals surface area contributed by atoms with E-state index in [0.29, 0.717) is 17.2 Å². The Labute approximate surface area is 197 Å². The Morgan fingerprint density at radius 1 is 0.906 bits per heavy atom. The van der Waals surface area contributed by atoms with E-state index in [1.54, 1.807) is 0 Å². The van der Waals surface area contributed by atoms with Crippen LogP contribution in [-0.4, -0.2) is 48.3 Å². The Balaban J connectivity index is 1.32. The molecular weight excluding hydrogens is 396 g/mol. The van der Waals surface area contributed by atoms with Gasteiger partial charge in [0.15, 0.2) is 0 Å². The summed E-state index contributed by atoms with van der Waals surface area (Å²) in [4.78, 5) is 29.3. The Morgan fingerprint density at radius 3 is 2.03 bits per heavy atom. The van der Waals surface area contributed by atoms with Gasteiger partial charge in [-0.05, 0) is 100 Å². The molecule has 184 valence electrons. The standard InChI is InChI=1S/C28H50N2O2/c1-21(2)24-8-10-25(11-9-24)27(32)29(5)18-6-7-23-12-14-28(15-13-23)16-19-30(20-17-28)26(31)22(3)4/h21-25H,6-20H2,1-5H3. The molecule has 2 amide bonds. The van der Waals surface area contributed by atoms with Crippen LogP contribution in [0, 0.1) is 35.0 Å². The third-order valence-corrected chi connectivity index (χ3v) is 9.34. The molecule has 32 heavy (non-hydrogen) atoms. The number of carbonyl (C=O) groups is 2. The van der Waals surface area contributed by atoms with Crippen molar-refractivity contribution in [3.63, 3.8) is 0 Å². The van der Waals surface area contributed by atoms with Crippen LogP contribution in [0.4, 0.5) is 0 Å². The molecule has 0 atom stereocenters. The van der Waals surface area contributed by atoms with E-state index in [2.05, 4.69) is 18.7 Å². The van der Waals surface area contributed by atoms with Gasteiger partial charge in [-0.2, -0.15) is 0 Å². The van der Waals surface area contributed by atoms with Gasteiger partial charge in [0.25, 0.3) is 0 Å². The molecule has 0 bridgehead atoms. The fourth-order valence-electron chi connectivity index (χ4n) is 6.72. The van der Waals surface area contributed by atoms with E-state index < -0.39 is 0 Å². The summed E-state index contributed by atoms with van der Waals surface area (Å²) in [5.41, 5.74) is 0.506. The number of amides is 2. The monoisotopic (exact) mass is 446 g/mol. The van der Waals surface area contributed by atoms with Crippen LogP contribution < -0.4 is 0 Å². The summed E-state index contributed by atoms with van der Waals surface area (Å²) in [6.07, 6.45) is 14.8. The average molecular weight is 447 g/mol. The topological polar surface area (TPSA) is 40.6 Å². The lowest BCUT2D eigenvalue weighted by Gasteiger charge is -2.46. The van der Waals surface area contributed by atoms with Gasteiger partial charge in [-0.1, -0.05) is 27.7 Å². The van der Waals surface area contributed by atoms with E-state index in [-0.39, 0.29) is 11.8 Å². The van der Waals surface area contributed by atoms with Crippen LogP contribution in [0.2, 0.25) is 0 Å². The maximum Gasteiger partial charge on any atom is 0.225 e. The number of nitrogens with zero attached hydrogens (tertiary/aromatic N) is 2. The average Bonchev–Trinajstić information content (AvgIpc) is 2.80. The molecule has 0 aromatic rings. The lowest BCUT2D eigenvalue weighted by molar-refractivity contribution is -0.137. The van der Waals surface area contributed by atoms with Gasteiger partial charge in [0.2, 0.25) is 11.8 Å². The third kappa shape index (κ3) is 6.50. The van der Waals surface area contributed by atoms with Gasteiger partial charge in [0.05, 0.1) is 0 Å². The molecule has 2 saturated carbocycles. The summed E-state index contributed by atoms with van der Waals surface area (Å²) in [6.45, 7) is 11.5. The molecule has 3 rings (SSSR count). The summed E-state index contributed by atoms with van der Waals surface area (Å²) in [5, 5.41) is 0. The minimum absolute atomic E-state index is 0.125. The molecule has 0 unspecified atom stereocenters. The fourth-order valence-corrected chi connectivity index (χ4v) is 6.72. The summed E-state index contributed by atoms with van der Waals surface area (Å²) in [6, 6.07) is 0. The Morgan fingerprint density at radius 2 is 1.50 bits per heavy atom. The molecule has 1 heterocycles. The first kappa shape index (κ1) is 25.6. The lowest BCUT2D eigenvalue weighted by atomic mass is 9.65. The minimum atomic E-state index is 0.125. The van der Waals surface area contributed by atoms with E-state index in [0.717, 1.165) is 56.7 Å². The largest absolute Gasteiger partial charge is 0.346 e. The van der Waals surface area contributed by atoms with Crippen molar-refractivity contribution in [3.05, 3.63) is 0 Å². The number of hydrogen-bond acceptors (Lipinski definition) is 2. The summed E-state index contributed by atoms with van der Waals surface area (Å²) in [7, 11) is 2.03. The molecular formula is C28H50N2O2. The third-order valence-electron chi connectivity index (χ3n) is 9.34. The molecule has 4 nitrogen and oxygen atoms in total. The van der Waals surface area contributed by atoms with Gasteiger partial charge >= 0.3 is 0 Å². The van der Waals surface area contributed by atoms with Crippen molar-refractivity contribution >= 4 is 11.8 Å². The molecule has 2 aliphatic carbocycles. The SMILES string of the molecule is CC(C)C(=O)N1CCC2(CCC(CCCN(C)C(=O)C3CCC(C(C)C)CC3)CC2)CC1.